The lowest BCUT2D eigenvalue weighted by atomic mass is 10.1. The molecule has 3 aromatic rings. The van der Waals surface area contributed by atoms with Gasteiger partial charge in [0.1, 0.15) is 0 Å². The fourth-order valence-electron chi connectivity index (χ4n) is 3.44. The van der Waals surface area contributed by atoms with E-state index < -0.39 is 15.9 Å². The van der Waals surface area contributed by atoms with Crippen LogP contribution in [0, 0.1) is 6.92 Å². The number of benzene rings is 2. The van der Waals surface area contributed by atoms with E-state index in [1.807, 2.05) is 6.07 Å². The molecule has 1 N–H and O–H groups in total. The molecule has 1 aliphatic heterocycles. The van der Waals surface area contributed by atoms with E-state index in [1.54, 1.807) is 37.3 Å². The van der Waals surface area contributed by atoms with Crippen LogP contribution < -0.4 is 5.32 Å². The average Bonchev–Trinajstić information content (AvgIpc) is 3.21. The number of hydrogen-bond donors (Lipinski definition) is 1. The molecule has 156 valence electrons. The van der Waals surface area contributed by atoms with Gasteiger partial charge in [0.15, 0.2) is 0 Å². The third-order valence-corrected chi connectivity index (χ3v) is 6.89. The van der Waals surface area contributed by atoms with Crippen LogP contribution in [0.15, 0.2) is 57.9 Å². The van der Waals surface area contributed by atoms with E-state index in [2.05, 4.69) is 15.5 Å². The molecule has 1 aliphatic rings. The number of nitrogens with zero attached hydrogens (tertiary/aromatic N) is 3. The molecule has 30 heavy (non-hydrogen) atoms. The van der Waals surface area contributed by atoms with E-state index in [0.29, 0.717) is 36.1 Å². The summed E-state index contributed by atoms with van der Waals surface area (Å²) in [5.41, 5.74) is 1.37. The van der Waals surface area contributed by atoms with Gasteiger partial charge in [-0.2, -0.15) is 9.29 Å². The highest BCUT2D eigenvalue weighted by Crippen LogP contribution is 2.26. The van der Waals surface area contributed by atoms with E-state index in [1.165, 1.54) is 16.4 Å². The molecule has 0 aliphatic carbocycles. The minimum atomic E-state index is -3.62. The summed E-state index contributed by atoms with van der Waals surface area (Å²) in [7, 11) is -3.62. The summed E-state index contributed by atoms with van der Waals surface area (Å²) in [4.78, 5) is 17.2. The smallest absolute Gasteiger partial charge is 0.255 e. The molecule has 1 amide bonds. The van der Waals surface area contributed by atoms with Crippen molar-refractivity contribution < 1.29 is 17.7 Å². The van der Waals surface area contributed by atoms with Crippen LogP contribution in [0.1, 0.15) is 35.5 Å². The Morgan fingerprint density at radius 1 is 1.07 bits per heavy atom. The van der Waals surface area contributed by atoms with Crippen molar-refractivity contribution in [2.75, 3.05) is 18.4 Å². The molecule has 1 saturated heterocycles. The lowest BCUT2D eigenvalue weighted by Crippen LogP contribution is -2.35. The van der Waals surface area contributed by atoms with Gasteiger partial charge in [-0.15, -0.1) is 0 Å². The zero-order valence-electron chi connectivity index (χ0n) is 16.5. The highest BCUT2D eigenvalue weighted by Gasteiger charge is 2.26. The van der Waals surface area contributed by atoms with E-state index in [0.717, 1.165) is 19.3 Å². The topological polar surface area (TPSA) is 105 Å². The van der Waals surface area contributed by atoms with Crippen molar-refractivity contribution in [2.24, 2.45) is 0 Å². The number of para-hydroxylation sites is 1. The maximum absolute atomic E-state index is 12.9. The van der Waals surface area contributed by atoms with Gasteiger partial charge in [-0.1, -0.05) is 29.8 Å². The van der Waals surface area contributed by atoms with E-state index in [4.69, 9.17) is 4.52 Å². The normalized spacial score (nSPS) is 15.1. The number of piperidine rings is 1. The molecule has 4 rings (SSSR count). The number of sulfonamides is 1. The molecule has 2 heterocycles. The second-order valence-corrected chi connectivity index (χ2v) is 9.07. The van der Waals surface area contributed by atoms with Crippen LogP contribution in [-0.2, 0) is 10.0 Å². The predicted octanol–water partition coefficient (Wildman–Crippen LogP) is 3.47. The molecule has 8 nitrogen and oxygen atoms in total. The largest absolute Gasteiger partial charge is 0.339 e. The minimum absolute atomic E-state index is 0.124. The zero-order chi connectivity index (χ0) is 21.1. The van der Waals surface area contributed by atoms with Crippen molar-refractivity contribution in [1.82, 2.24) is 14.4 Å². The van der Waals surface area contributed by atoms with Gasteiger partial charge in [0, 0.05) is 31.1 Å². The van der Waals surface area contributed by atoms with Crippen molar-refractivity contribution >= 4 is 21.6 Å². The molecule has 1 aromatic heterocycles. The lowest BCUT2D eigenvalue weighted by molar-refractivity contribution is 0.102. The molecule has 0 saturated carbocycles. The zero-order valence-corrected chi connectivity index (χ0v) is 17.4. The molecule has 0 spiro atoms. The first-order valence-corrected chi connectivity index (χ1v) is 11.2. The first-order valence-electron chi connectivity index (χ1n) is 9.76. The second kappa shape index (κ2) is 8.37. The predicted molar refractivity (Wildman–Crippen MR) is 111 cm³/mol. The molecule has 2 aromatic carbocycles. The standard InChI is InChI=1S/C21H22N4O4S/c1-15-22-20(24-29-15)18-10-3-4-11-19(18)23-21(26)16-8-7-9-17(14-16)30(27,28)25-12-5-2-6-13-25/h3-4,7-11,14H,2,5-6,12-13H2,1H3,(H,23,26). The highest BCUT2D eigenvalue weighted by atomic mass is 32.2. The number of carbonyl (C=O) groups excluding carboxylic acids is 1. The van der Waals surface area contributed by atoms with Gasteiger partial charge in [-0.3, -0.25) is 4.79 Å². The molecule has 0 atom stereocenters. The summed E-state index contributed by atoms with van der Waals surface area (Å²) in [5.74, 6) is 0.366. The summed E-state index contributed by atoms with van der Waals surface area (Å²) in [6.45, 7) is 2.71. The number of amides is 1. The Morgan fingerprint density at radius 3 is 2.57 bits per heavy atom. The van der Waals surface area contributed by atoms with Gasteiger partial charge in [0.25, 0.3) is 5.91 Å². The molecule has 9 heteroatoms. The number of rotatable bonds is 5. The molecular weight excluding hydrogens is 404 g/mol. The van der Waals surface area contributed by atoms with Crippen LogP contribution in [0.3, 0.4) is 0 Å². The van der Waals surface area contributed by atoms with Gasteiger partial charge < -0.3 is 9.84 Å². The van der Waals surface area contributed by atoms with Crippen molar-refractivity contribution in [3.05, 3.63) is 60.0 Å². The van der Waals surface area contributed by atoms with Gasteiger partial charge in [-0.05, 0) is 43.2 Å². The van der Waals surface area contributed by atoms with Crippen LogP contribution in [0.2, 0.25) is 0 Å². The highest BCUT2D eigenvalue weighted by molar-refractivity contribution is 7.89. The maximum atomic E-state index is 12.9. The monoisotopic (exact) mass is 426 g/mol. The molecule has 0 unspecified atom stereocenters. The summed E-state index contributed by atoms with van der Waals surface area (Å²) in [6.07, 6.45) is 2.74. The van der Waals surface area contributed by atoms with Crippen molar-refractivity contribution in [3.8, 4) is 11.4 Å². The van der Waals surface area contributed by atoms with Gasteiger partial charge in [0.2, 0.25) is 21.7 Å². The third-order valence-electron chi connectivity index (χ3n) is 4.99. The summed E-state index contributed by atoms with van der Waals surface area (Å²) in [6, 6.07) is 13.2. The number of hydrogen-bond acceptors (Lipinski definition) is 6. The molecule has 0 bridgehead atoms. The van der Waals surface area contributed by atoms with Gasteiger partial charge in [0.05, 0.1) is 10.6 Å². The van der Waals surface area contributed by atoms with Crippen molar-refractivity contribution in [3.63, 3.8) is 0 Å². The summed E-state index contributed by atoms with van der Waals surface area (Å²) < 4.78 is 32.4. The number of carbonyl (C=O) groups is 1. The van der Waals surface area contributed by atoms with E-state index >= 15 is 0 Å². The number of nitrogens with one attached hydrogen (secondary N) is 1. The molecule has 1 fully saturated rings. The Labute approximate surface area is 175 Å². The number of aromatic nitrogens is 2. The maximum Gasteiger partial charge on any atom is 0.255 e. The first kappa shape index (κ1) is 20.2. The lowest BCUT2D eigenvalue weighted by Gasteiger charge is -2.26. The molecular formula is C21H22N4O4S. The SMILES string of the molecule is Cc1nc(-c2ccccc2NC(=O)c2cccc(S(=O)(=O)N3CCCCC3)c2)no1. The van der Waals surface area contributed by atoms with E-state index in [9.17, 15) is 13.2 Å². The fourth-order valence-corrected chi connectivity index (χ4v) is 5.01. The Balaban J connectivity index is 1.59. The van der Waals surface area contributed by atoms with Crippen LogP contribution in [0.5, 0.6) is 0 Å². The Bertz CT molecular complexity index is 1170. The first-order chi connectivity index (χ1) is 14.4. The Kier molecular flexibility index (Phi) is 5.65. The summed E-state index contributed by atoms with van der Waals surface area (Å²) >= 11 is 0. The van der Waals surface area contributed by atoms with Crippen LogP contribution in [0.25, 0.3) is 11.4 Å². The average molecular weight is 426 g/mol. The fraction of sp³-hybridized carbons (Fsp3) is 0.286. The number of anilines is 1. The van der Waals surface area contributed by atoms with Crippen LogP contribution in [-0.4, -0.2) is 41.9 Å². The Hall–Kier alpha value is -3.04. The van der Waals surface area contributed by atoms with Crippen LogP contribution >= 0.6 is 0 Å². The van der Waals surface area contributed by atoms with E-state index in [-0.39, 0.29) is 10.5 Å². The number of aryl methyl sites for hydroxylation is 1. The van der Waals surface area contributed by atoms with Crippen LogP contribution in [0.4, 0.5) is 5.69 Å². The Morgan fingerprint density at radius 2 is 1.83 bits per heavy atom. The van der Waals surface area contributed by atoms with Gasteiger partial charge in [-0.25, -0.2) is 8.42 Å². The summed E-state index contributed by atoms with van der Waals surface area (Å²) in [5, 5.41) is 6.73. The van der Waals surface area contributed by atoms with Gasteiger partial charge >= 0.3 is 0 Å². The van der Waals surface area contributed by atoms with Crippen molar-refractivity contribution in [2.45, 2.75) is 31.1 Å². The third kappa shape index (κ3) is 4.12. The minimum Gasteiger partial charge on any atom is -0.339 e. The molecule has 0 radical (unpaired) electrons. The second-order valence-electron chi connectivity index (χ2n) is 7.13. The quantitative estimate of drug-likeness (QED) is 0.670. The van der Waals surface area contributed by atoms with Crippen molar-refractivity contribution in [1.29, 1.82) is 0 Å².